The molecule has 0 saturated heterocycles. The summed E-state index contributed by atoms with van der Waals surface area (Å²) < 4.78 is 0. The zero-order chi connectivity index (χ0) is 13.0. The van der Waals surface area contributed by atoms with Crippen LogP contribution in [0.1, 0.15) is 30.9 Å². The molecule has 18 heavy (non-hydrogen) atoms. The molecule has 0 bridgehead atoms. The maximum Gasteiger partial charge on any atom is 0.169 e. The van der Waals surface area contributed by atoms with Crippen LogP contribution in [0.25, 0.3) is 0 Å². The summed E-state index contributed by atoms with van der Waals surface area (Å²) in [7, 11) is 0. The van der Waals surface area contributed by atoms with Gasteiger partial charge in [0.25, 0.3) is 0 Å². The van der Waals surface area contributed by atoms with E-state index in [0.29, 0.717) is 12.5 Å². The van der Waals surface area contributed by atoms with Gasteiger partial charge in [0, 0.05) is 12.1 Å². The highest BCUT2D eigenvalue weighted by atomic mass is 17.2. The van der Waals surface area contributed by atoms with E-state index in [4.69, 9.17) is 9.78 Å². The summed E-state index contributed by atoms with van der Waals surface area (Å²) in [6.45, 7) is 8.39. The molecule has 1 aromatic rings. The van der Waals surface area contributed by atoms with E-state index in [0.717, 1.165) is 35.8 Å². The summed E-state index contributed by atoms with van der Waals surface area (Å²) in [4.78, 5) is 14.9. The smallest absolute Gasteiger partial charge is 0.169 e. The van der Waals surface area contributed by atoms with Gasteiger partial charge in [-0.2, -0.15) is 4.89 Å². The van der Waals surface area contributed by atoms with E-state index in [2.05, 4.69) is 36.3 Å². The molecule has 0 aliphatic carbocycles. The molecule has 0 radical (unpaired) electrons. The van der Waals surface area contributed by atoms with Crippen LogP contribution in [0.3, 0.4) is 0 Å². The van der Waals surface area contributed by atoms with Crippen molar-refractivity contribution in [3.8, 4) is 5.75 Å². The number of hydrogen-bond donors (Lipinski definition) is 1. The molecule has 1 aromatic carbocycles. The second-order valence-electron chi connectivity index (χ2n) is 4.80. The van der Waals surface area contributed by atoms with Crippen molar-refractivity contribution in [2.45, 2.75) is 26.7 Å². The van der Waals surface area contributed by atoms with Gasteiger partial charge in [0.1, 0.15) is 5.84 Å². The normalized spacial score (nSPS) is 14.6. The zero-order valence-electron chi connectivity index (χ0n) is 11.2. The molecule has 1 heterocycles. The lowest BCUT2D eigenvalue weighted by molar-refractivity contribution is -0.192. The van der Waals surface area contributed by atoms with Gasteiger partial charge in [-0.1, -0.05) is 26.0 Å². The number of hydrogen-bond acceptors (Lipinski definition) is 4. The second kappa shape index (κ2) is 5.87. The highest BCUT2D eigenvalue weighted by Gasteiger charge is 2.10. The Labute approximate surface area is 108 Å². The molecule has 4 nitrogen and oxygen atoms in total. The van der Waals surface area contributed by atoms with Crippen LogP contribution in [0.2, 0.25) is 0 Å². The number of benzene rings is 1. The minimum absolute atomic E-state index is 0.367. The Morgan fingerprint density at radius 1 is 1.39 bits per heavy atom. The fraction of sp³-hybridized carbons (Fsp3) is 0.500. The van der Waals surface area contributed by atoms with Gasteiger partial charge >= 0.3 is 0 Å². The van der Waals surface area contributed by atoms with E-state index >= 15 is 0 Å². The number of aryl methyl sites for hydroxylation is 1. The Bertz CT molecular complexity index is 441. The standard InChI is InChI=1S/C14H20N2O2/c1-10(2)12-5-4-11(3)8-13(12)18-17-9-14-15-6-7-16-14/h4-5,8,10H,6-7,9H2,1-3H3,(H,15,16). The third-order valence-electron chi connectivity index (χ3n) is 2.88. The first-order chi connectivity index (χ1) is 8.66. The lowest BCUT2D eigenvalue weighted by Gasteiger charge is -2.13. The maximum atomic E-state index is 5.42. The third-order valence-corrected chi connectivity index (χ3v) is 2.88. The van der Waals surface area contributed by atoms with Crippen molar-refractivity contribution in [1.29, 1.82) is 0 Å². The van der Waals surface area contributed by atoms with E-state index in [1.807, 2.05) is 13.0 Å². The van der Waals surface area contributed by atoms with Crippen LogP contribution in [0, 0.1) is 6.92 Å². The molecule has 1 N–H and O–H groups in total. The van der Waals surface area contributed by atoms with Crippen molar-refractivity contribution < 1.29 is 9.78 Å². The van der Waals surface area contributed by atoms with E-state index < -0.39 is 0 Å². The van der Waals surface area contributed by atoms with Crippen LogP contribution in [0.4, 0.5) is 0 Å². The Morgan fingerprint density at radius 2 is 2.22 bits per heavy atom. The number of aliphatic imine (C=N–C) groups is 1. The fourth-order valence-electron chi connectivity index (χ4n) is 1.88. The minimum Gasteiger partial charge on any atom is -0.370 e. The van der Waals surface area contributed by atoms with Crippen LogP contribution in [0.15, 0.2) is 23.2 Å². The van der Waals surface area contributed by atoms with E-state index in [1.165, 1.54) is 0 Å². The highest BCUT2D eigenvalue weighted by Crippen LogP contribution is 2.27. The highest BCUT2D eigenvalue weighted by molar-refractivity contribution is 5.84. The van der Waals surface area contributed by atoms with Crippen LogP contribution >= 0.6 is 0 Å². The molecule has 1 aliphatic heterocycles. The van der Waals surface area contributed by atoms with E-state index in [1.54, 1.807) is 0 Å². The molecular weight excluding hydrogens is 228 g/mol. The molecule has 0 atom stereocenters. The lowest BCUT2D eigenvalue weighted by atomic mass is 10.0. The summed E-state index contributed by atoms with van der Waals surface area (Å²) in [5.74, 6) is 2.06. The molecule has 2 rings (SSSR count). The molecule has 98 valence electrons. The quantitative estimate of drug-likeness (QED) is 0.643. The SMILES string of the molecule is Cc1ccc(C(C)C)c(OOCC2=NCCN2)c1. The molecule has 0 spiro atoms. The molecule has 1 aliphatic rings. The predicted octanol–water partition coefficient (Wildman–Crippen LogP) is 2.43. The van der Waals surface area contributed by atoms with Gasteiger partial charge < -0.3 is 10.2 Å². The summed E-state index contributed by atoms with van der Waals surface area (Å²) >= 11 is 0. The van der Waals surface area contributed by atoms with Crippen molar-refractivity contribution in [3.63, 3.8) is 0 Å². The van der Waals surface area contributed by atoms with Crippen LogP contribution in [-0.2, 0) is 4.89 Å². The third kappa shape index (κ3) is 3.23. The van der Waals surface area contributed by atoms with Gasteiger partial charge in [-0.05, 0) is 24.5 Å². The van der Waals surface area contributed by atoms with Crippen molar-refractivity contribution in [3.05, 3.63) is 29.3 Å². The number of rotatable bonds is 5. The van der Waals surface area contributed by atoms with Crippen molar-refractivity contribution in [2.24, 2.45) is 4.99 Å². The Hall–Kier alpha value is -1.55. The van der Waals surface area contributed by atoms with Crippen LogP contribution in [-0.4, -0.2) is 25.5 Å². The Balaban J connectivity index is 1.96. The fourth-order valence-corrected chi connectivity index (χ4v) is 1.88. The zero-order valence-corrected chi connectivity index (χ0v) is 11.2. The van der Waals surface area contributed by atoms with Gasteiger partial charge in [0.2, 0.25) is 0 Å². The van der Waals surface area contributed by atoms with Crippen molar-refractivity contribution in [1.82, 2.24) is 5.32 Å². The average molecular weight is 248 g/mol. The second-order valence-corrected chi connectivity index (χ2v) is 4.80. The summed E-state index contributed by atoms with van der Waals surface area (Å²) in [6.07, 6.45) is 0. The summed E-state index contributed by atoms with van der Waals surface area (Å²) in [5.41, 5.74) is 2.32. The van der Waals surface area contributed by atoms with Gasteiger partial charge in [-0.25, -0.2) is 0 Å². The Kier molecular flexibility index (Phi) is 4.20. The monoisotopic (exact) mass is 248 g/mol. The topological polar surface area (TPSA) is 42.9 Å². The van der Waals surface area contributed by atoms with Gasteiger partial charge in [-0.3, -0.25) is 4.99 Å². The van der Waals surface area contributed by atoms with Crippen LogP contribution < -0.4 is 10.2 Å². The first-order valence-electron chi connectivity index (χ1n) is 6.34. The number of amidine groups is 1. The summed E-state index contributed by atoms with van der Waals surface area (Å²) in [6, 6.07) is 6.17. The first kappa shape index (κ1) is 12.9. The van der Waals surface area contributed by atoms with E-state index in [-0.39, 0.29) is 0 Å². The van der Waals surface area contributed by atoms with Crippen molar-refractivity contribution >= 4 is 5.84 Å². The average Bonchev–Trinajstić information content (AvgIpc) is 2.82. The molecular formula is C14H20N2O2. The van der Waals surface area contributed by atoms with Gasteiger partial charge in [0.05, 0.1) is 6.54 Å². The van der Waals surface area contributed by atoms with E-state index in [9.17, 15) is 0 Å². The Morgan fingerprint density at radius 3 is 2.89 bits per heavy atom. The molecule has 4 heteroatoms. The molecule has 0 aromatic heterocycles. The lowest BCUT2D eigenvalue weighted by Crippen LogP contribution is -2.24. The molecule has 0 saturated carbocycles. The molecule has 0 fully saturated rings. The number of nitrogens with zero attached hydrogens (tertiary/aromatic N) is 1. The molecule has 0 amide bonds. The largest absolute Gasteiger partial charge is 0.370 e. The predicted molar refractivity (Wildman–Crippen MR) is 72.2 cm³/mol. The van der Waals surface area contributed by atoms with Gasteiger partial charge in [0.15, 0.2) is 12.4 Å². The maximum absolute atomic E-state index is 5.42. The van der Waals surface area contributed by atoms with Crippen LogP contribution in [0.5, 0.6) is 5.75 Å². The summed E-state index contributed by atoms with van der Waals surface area (Å²) in [5, 5.41) is 3.14. The minimum atomic E-state index is 0.367. The molecule has 0 unspecified atom stereocenters. The van der Waals surface area contributed by atoms with Gasteiger partial charge in [-0.15, -0.1) is 0 Å². The van der Waals surface area contributed by atoms with Crippen molar-refractivity contribution in [2.75, 3.05) is 19.7 Å². The number of nitrogens with one attached hydrogen (secondary N) is 1. The first-order valence-corrected chi connectivity index (χ1v) is 6.34.